The first-order valence-corrected chi connectivity index (χ1v) is 11.3. The minimum Gasteiger partial charge on any atom is -0.394 e. The Balaban J connectivity index is 3.65. The molecule has 1 amide bonds. The van der Waals surface area contributed by atoms with Gasteiger partial charge in [0.25, 0.3) is 0 Å². The summed E-state index contributed by atoms with van der Waals surface area (Å²) in [4.78, 5) is 11.6. The van der Waals surface area contributed by atoms with Crippen molar-refractivity contribution in [2.45, 2.75) is 128 Å². The van der Waals surface area contributed by atoms with Crippen LogP contribution in [-0.2, 0) is 4.79 Å². The molecule has 0 aromatic carbocycles. The average molecular weight is 388 g/mol. The number of aliphatic hydroxyl groups excluding tert-OH is 3. The first-order chi connectivity index (χ1) is 13.1. The van der Waals surface area contributed by atoms with Gasteiger partial charge in [0.1, 0.15) is 6.10 Å². The van der Waals surface area contributed by atoms with E-state index in [4.69, 9.17) is 0 Å². The molecule has 0 saturated carbocycles. The molecule has 0 spiro atoms. The molecule has 5 heteroatoms. The number of carbonyl (C=O) groups is 1. The Bertz CT molecular complexity index is 338. The zero-order valence-electron chi connectivity index (χ0n) is 17.8. The lowest BCUT2D eigenvalue weighted by molar-refractivity contribution is -0.124. The van der Waals surface area contributed by atoms with Crippen LogP contribution < -0.4 is 5.32 Å². The van der Waals surface area contributed by atoms with Crippen molar-refractivity contribution >= 4 is 5.91 Å². The zero-order chi connectivity index (χ0) is 20.3. The highest BCUT2D eigenvalue weighted by molar-refractivity contribution is 5.76. The molecule has 0 heterocycles. The van der Waals surface area contributed by atoms with Gasteiger partial charge in [0.2, 0.25) is 5.91 Å². The van der Waals surface area contributed by atoms with Gasteiger partial charge in [0, 0.05) is 6.42 Å². The minimum atomic E-state index is -1.12. The van der Waals surface area contributed by atoms with Crippen LogP contribution in [0.15, 0.2) is 0 Å². The van der Waals surface area contributed by atoms with E-state index in [1.165, 1.54) is 57.8 Å². The van der Waals surface area contributed by atoms with Gasteiger partial charge in [-0.15, -0.1) is 0 Å². The maximum Gasteiger partial charge on any atom is 0.220 e. The smallest absolute Gasteiger partial charge is 0.220 e. The molecule has 0 aromatic heterocycles. The quantitative estimate of drug-likeness (QED) is 0.251. The summed E-state index contributed by atoms with van der Waals surface area (Å²) in [5, 5.41) is 32.2. The molecule has 0 saturated heterocycles. The molecule has 4 N–H and O–H groups in total. The van der Waals surface area contributed by atoms with E-state index in [9.17, 15) is 20.1 Å². The SMILES string of the molecule is CCCCCCCCCCCCCC[C@@H](O)[C@@H](O)[C@H](CO)NC(=O)CCC. The summed E-state index contributed by atoms with van der Waals surface area (Å²) in [6.07, 6.45) is 14.6. The summed E-state index contributed by atoms with van der Waals surface area (Å²) in [6.45, 7) is 3.77. The Morgan fingerprint density at radius 1 is 0.778 bits per heavy atom. The average Bonchev–Trinajstić information content (AvgIpc) is 2.66. The van der Waals surface area contributed by atoms with Gasteiger partial charge in [0.15, 0.2) is 0 Å². The van der Waals surface area contributed by atoms with Gasteiger partial charge < -0.3 is 20.6 Å². The summed E-state index contributed by atoms with van der Waals surface area (Å²) in [6, 6.07) is -0.795. The van der Waals surface area contributed by atoms with E-state index in [0.29, 0.717) is 19.3 Å². The van der Waals surface area contributed by atoms with Crippen LogP contribution in [-0.4, -0.2) is 46.1 Å². The third-order valence-corrected chi connectivity index (χ3v) is 5.18. The number of nitrogens with one attached hydrogen (secondary N) is 1. The largest absolute Gasteiger partial charge is 0.394 e. The van der Waals surface area contributed by atoms with Crippen LogP contribution >= 0.6 is 0 Å². The predicted molar refractivity (Wildman–Crippen MR) is 112 cm³/mol. The standard InChI is InChI=1S/C22H45NO4/c1-3-5-6-7-8-9-10-11-12-13-14-15-17-20(25)22(27)19(18-24)23-21(26)16-4-2/h19-20,22,24-25,27H,3-18H2,1-2H3,(H,23,26)/t19-,20+,22-/m0/s1. The molecule has 5 nitrogen and oxygen atoms in total. The number of hydrogen-bond donors (Lipinski definition) is 4. The fourth-order valence-electron chi connectivity index (χ4n) is 3.38. The first kappa shape index (κ1) is 26.4. The molecular formula is C22H45NO4. The summed E-state index contributed by atoms with van der Waals surface area (Å²) in [7, 11) is 0. The van der Waals surface area contributed by atoms with E-state index < -0.39 is 18.2 Å². The fraction of sp³-hybridized carbons (Fsp3) is 0.955. The maximum atomic E-state index is 11.6. The molecule has 27 heavy (non-hydrogen) atoms. The monoisotopic (exact) mass is 387 g/mol. The van der Waals surface area contributed by atoms with Gasteiger partial charge in [-0.25, -0.2) is 0 Å². The highest BCUT2D eigenvalue weighted by Crippen LogP contribution is 2.14. The Kier molecular flexibility index (Phi) is 18.3. The van der Waals surface area contributed by atoms with Crippen molar-refractivity contribution in [3.63, 3.8) is 0 Å². The van der Waals surface area contributed by atoms with Gasteiger partial charge in [-0.3, -0.25) is 4.79 Å². The second-order valence-corrected chi connectivity index (χ2v) is 7.84. The lowest BCUT2D eigenvalue weighted by atomic mass is 9.99. The van der Waals surface area contributed by atoms with Crippen molar-refractivity contribution in [1.82, 2.24) is 5.32 Å². The van der Waals surface area contributed by atoms with Crippen molar-refractivity contribution in [2.24, 2.45) is 0 Å². The molecule has 0 rings (SSSR count). The fourth-order valence-corrected chi connectivity index (χ4v) is 3.38. The third-order valence-electron chi connectivity index (χ3n) is 5.18. The van der Waals surface area contributed by atoms with Crippen molar-refractivity contribution in [2.75, 3.05) is 6.61 Å². The minimum absolute atomic E-state index is 0.201. The molecule has 0 bridgehead atoms. The highest BCUT2D eigenvalue weighted by atomic mass is 16.3. The molecule has 0 aliphatic rings. The predicted octanol–water partition coefficient (Wildman–Crippen LogP) is 4.08. The number of amides is 1. The highest BCUT2D eigenvalue weighted by Gasteiger charge is 2.26. The van der Waals surface area contributed by atoms with Gasteiger partial charge in [-0.1, -0.05) is 90.9 Å². The molecule has 0 aliphatic heterocycles. The molecule has 0 aromatic rings. The van der Waals surface area contributed by atoms with Crippen LogP contribution in [0.1, 0.15) is 110 Å². The molecule has 0 radical (unpaired) electrons. The van der Waals surface area contributed by atoms with Crippen LogP contribution in [0, 0.1) is 0 Å². The Morgan fingerprint density at radius 2 is 1.26 bits per heavy atom. The van der Waals surface area contributed by atoms with E-state index in [1.807, 2.05) is 6.92 Å². The van der Waals surface area contributed by atoms with Crippen LogP contribution in [0.4, 0.5) is 0 Å². The molecular weight excluding hydrogens is 342 g/mol. The van der Waals surface area contributed by atoms with Gasteiger partial charge in [0.05, 0.1) is 18.8 Å². The van der Waals surface area contributed by atoms with Gasteiger partial charge in [-0.2, -0.15) is 0 Å². The van der Waals surface area contributed by atoms with Crippen LogP contribution in [0.3, 0.4) is 0 Å². The van der Waals surface area contributed by atoms with Crippen molar-refractivity contribution < 1.29 is 20.1 Å². The normalized spacial score (nSPS) is 14.7. The van der Waals surface area contributed by atoms with E-state index in [2.05, 4.69) is 12.2 Å². The molecule has 162 valence electrons. The molecule has 0 unspecified atom stereocenters. The first-order valence-electron chi connectivity index (χ1n) is 11.3. The molecule has 3 atom stereocenters. The zero-order valence-corrected chi connectivity index (χ0v) is 17.8. The Labute approximate surface area is 166 Å². The van der Waals surface area contributed by atoms with E-state index in [-0.39, 0.29) is 12.5 Å². The number of unbranched alkanes of at least 4 members (excludes halogenated alkanes) is 11. The van der Waals surface area contributed by atoms with E-state index >= 15 is 0 Å². The topological polar surface area (TPSA) is 89.8 Å². The summed E-state index contributed by atoms with van der Waals surface area (Å²) >= 11 is 0. The van der Waals surface area contributed by atoms with Crippen molar-refractivity contribution in [3.8, 4) is 0 Å². The summed E-state index contributed by atoms with van der Waals surface area (Å²) in [5.41, 5.74) is 0. The van der Waals surface area contributed by atoms with Crippen LogP contribution in [0.2, 0.25) is 0 Å². The number of aliphatic hydroxyl groups is 3. The maximum absolute atomic E-state index is 11.6. The second-order valence-electron chi connectivity index (χ2n) is 7.84. The Hall–Kier alpha value is -0.650. The van der Waals surface area contributed by atoms with Crippen LogP contribution in [0.25, 0.3) is 0 Å². The molecule has 0 aliphatic carbocycles. The lowest BCUT2D eigenvalue weighted by Crippen LogP contribution is -2.50. The van der Waals surface area contributed by atoms with Gasteiger partial charge >= 0.3 is 0 Å². The number of hydrogen-bond acceptors (Lipinski definition) is 4. The van der Waals surface area contributed by atoms with Crippen molar-refractivity contribution in [3.05, 3.63) is 0 Å². The van der Waals surface area contributed by atoms with E-state index in [1.54, 1.807) is 0 Å². The van der Waals surface area contributed by atoms with Crippen LogP contribution in [0.5, 0.6) is 0 Å². The molecule has 0 fully saturated rings. The second kappa shape index (κ2) is 18.7. The number of rotatable bonds is 19. The number of carbonyl (C=O) groups excluding carboxylic acids is 1. The van der Waals surface area contributed by atoms with Crippen molar-refractivity contribution in [1.29, 1.82) is 0 Å². The summed E-state index contributed by atoms with van der Waals surface area (Å²) < 4.78 is 0. The summed E-state index contributed by atoms with van der Waals surface area (Å²) in [5.74, 6) is -0.201. The van der Waals surface area contributed by atoms with E-state index in [0.717, 1.165) is 19.3 Å². The lowest BCUT2D eigenvalue weighted by Gasteiger charge is -2.26. The third kappa shape index (κ3) is 15.0. The van der Waals surface area contributed by atoms with Gasteiger partial charge in [-0.05, 0) is 12.8 Å². The Morgan fingerprint density at radius 3 is 1.70 bits per heavy atom.